The van der Waals surface area contributed by atoms with Crippen molar-refractivity contribution in [1.82, 2.24) is 0 Å². The Hall–Kier alpha value is -0.780. The molecular formula is C27H42. The van der Waals surface area contributed by atoms with Gasteiger partial charge in [0.2, 0.25) is 0 Å². The number of fused-ring (bicyclic) bond motifs is 5. The van der Waals surface area contributed by atoms with Crippen molar-refractivity contribution in [2.75, 3.05) is 0 Å². The monoisotopic (exact) mass is 366 g/mol. The average Bonchev–Trinajstić information content (AvgIpc) is 2.98. The van der Waals surface area contributed by atoms with Gasteiger partial charge in [-0.3, -0.25) is 0 Å². The minimum Gasteiger partial charge on any atom is -0.0961 e. The molecule has 7 atom stereocenters. The summed E-state index contributed by atoms with van der Waals surface area (Å²) in [6, 6.07) is 0. The summed E-state index contributed by atoms with van der Waals surface area (Å²) in [4.78, 5) is 0. The molecule has 4 rings (SSSR count). The fourth-order valence-corrected chi connectivity index (χ4v) is 8.52. The molecule has 0 N–H and O–H groups in total. The number of allylic oxidation sites excluding steroid dienone is 5. The topological polar surface area (TPSA) is 0 Å². The molecule has 0 heteroatoms. The Bertz CT molecular complexity index is 636. The van der Waals surface area contributed by atoms with E-state index < -0.39 is 0 Å². The smallest absolute Gasteiger partial charge is 0.0146 e. The molecule has 0 spiro atoms. The predicted octanol–water partition coefficient (Wildman–Crippen LogP) is 8.11. The molecular weight excluding hydrogens is 324 g/mol. The van der Waals surface area contributed by atoms with E-state index >= 15 is 0 Å². The zero-order valence-electron chi connectivity index (χ0n) is 18.4. The van der Waals surface area contributed by atoms with E-state index in [4.69, 9.17) is 0 Å². The van der Waals surface area contributed by atoms with Crippen LogP contribution in [0.2, 0.25) is 0 Å². The lowest BCUT2D eigenvalue weighted by molar-refractivity contribution is -0.108. The molecule has 0 aromatic carbocycles. The van der Waals surface area contributed by atoms with Crippen LogP contribution in [0, 0.1) is 40.4 Å². The maximum absolute atomic E-state index is 4.00. The van der Waals surface area contributed by atoms with Crippen LogP contribution in [-0.4, -0.2) is 0 Å². The highest BCUT2D eigenvalue weighted by atomic mass is 14.6. The molecule has 150 valence electrons. The standard InChI is InChI=1S/C27H42/c1-19(2)9-8-10-20(3)23-14-15-24-22-13-12-21-11-6-7-17-26(21,4)25(22)16-18-27(23,24)5/h8-10,21-25H,1,6-7,11-18H2,2-5H3/t21?,22-,23+,24-,25-,26-,27+/m0/s1. The summed E-state index contributed by atoms with van der Waals surface area (Å²) >= 11 is 0. The molecule has 0 bridgehead atoms. The van der Waals surface area contributed by atoms with E-state index in [-0.39, 0.29) is 0 Å². The summed E-state index contributed by atoms with van der Waals surface area (Å²) in [6.07, 6.45) is 21.8. The lowest BCUT2D eigenvalue weighted by atomic mass is 9.44. The Morgan fingerprint density at radius 2 is 1.63 bits per heavy atom. The lowest BCUT2D eigenvalue weighted by Gasteiger charge is -2.60. The van der Waals surface area contributed by atoms with Crippen LogP contribution in [0.1, 0.15) is 91.9 Å². The summed E-state index contributed by atoms with van der Waals surface area (Å²) in [5.74, 6) is 4.88. The Kier molecular flexibility index (Phi) is 5.23. The van der Waals surface area contributed by atoms with E-state index in [1.807, 2.05) is 0 Å². The molecule has 4 saturated carbocycles. The Labute approximate surface area is 168 Å². The third kappa shape index (κ3) is 3.20. The quantitative estimate of drug-likeness (QED) is 0.442. The van der Waals surface area contributed by atoms with E-state index in [1.54, 1.807) is 5.57 Å². The van der Waals surface area contributed by atoms with E-state index in [9.17, 15) is 0 Å². The molecule has 0 aliphatic heterocycles. The SMILES string of the molecule is C=C(C)C=CC=C(C)[C@H]1CC[C@H]2[C@@H]3CCC4CCCC[C@]4(C)[C@H]3CC[C@]12C. The average molecular weight is 367 g/mol. The van der Waals surface area contributed by atoms with Gasteiger partial charge in [-0.15, -0.1) is 0 Å². The molecule has 4 aliphatic rings. The van der Waals surface area contributed by atoms with Gasteiger partial charge in [-0.1, -0.05) is 62.6 Å². The Morgan fingerprint density at radius 3 is 2.41 bits per heavy atom. The largest absolute Gasteiger partial charge is 0.0961 e. The van der Waals surface area contributed by atoms with Gasteiger partial charge in [-0.25, -0.2) is 0 Å². The molecule has 0 amide bonds. The van der Waals surface area contributed by atoms with Gasteiger partial charge >= 0.3 is 0 Å². The predicted molar refractivity (Wildman–Crippen MR) is 118 cm³/mol. The second-order valence-electron chi connectivity index (χ2n) is 11.2. The van der Waals surface area contributed by atoms with E-state index in [1.165, 1.54) is 64.2 Å². The number of hydrogen-bond donors (Lipinski definition) is 0. The number of rotatable bonds is 3. The Balaban J connectivity index is 1.55. The van der Waals surface area contributed by atoms with Gasteiger partial charge in [0, 0.05) is 0 Å². The minimum atomic E-state index is 0.552. The van der Waals surface area contributed by atoms with Crippen molar-refractivity contribution in [3.05, 3.63) is 36.0 Å². The normalized spacial score (nSPS) is 47.4. The highest BCUT2D eigenvalue weighted by Crippen LogP contribution is 2.68. The third-order valence-electron chi connectivity index (χ3n) is 9.87. The first-order valence-electron chi connectivity index (χ1n) is 11.9. The molecule has 0 nitrogen and oxygen atoms in total. The second kappa shape index (κ2) is 7.23. The van der Waals surface area contributed by atoms with Gasteiger partial charge in [0.1, 0.15) is 0 Å². The van der Waals surface area contributed by atoms with E-state index in [2.05, 4.69) is 52.5 Å². The van der Waals surface area contributed by atoms with Crippen LogP contribution in [0.3, 0.4) is 0 Å². The van der Waals surface area contributed by atoms with Crippen LogP contribution in [-0.2, 0) is 0 Å². The lowest BCUT2D eigenvalue weighted by Crippen LogP contribution is -2.52. The van der Waals surface area contributed by atoms with Gasteiger partial charge in [0.05, 0.1) is 0 Å². The van der Waals surface area contributed by atoms with Crippen LogP contribution < -0.4 is 0 Å². The van der Waals surface area contributed by atoms with E-state index in [0.717, 1.165) is 35.2 Å². The molecule has 0 radical (unpaired) electrons. The second-order valence-corrected chi connectivity index (χ2v) is 11.2. The summed E-state index contributed by atoms with van der Waals surface area (Å²) in [6.45, 7) is 13.8. The van der Waals surface area contributed by atoms with Crippen molar-refractivity contribution in [3.63, 3.8) is 0 Å². The first-order chi connectivity index (χ1) is 12.9. The first kappa shape index (κ1) is 19.5. The molecule has 0 aromatic heterocycles. The minimum absolute atomic E-state index is 0.552. The molecule has 0 heterocycles. The van der Waals surface area contributed by atoms with Gasteiger partial charge < -0.3 is 0 Å². The summed E-state index contributed by atoms with van der Waals surface area (Å²) in [7, 11) is 0. The maximum Gasteiger partial charge on any atom is -0.0146 e. The van der Waals surface area contributed by atoms with Crippen LogP contribution in [0.15, 0.2) is 36.0 Å². The molecule has 27 heavy (non-hydrogen) atoms. The van der Waals surface area contributed by atoms with Crippen molar-refractivity contribution in [2.45, 2.75) is 91.9 Å². The van der Waals surface area contributed by atoms with Gasteiger partial charge in [-0.2, -0.15) is 0 Å². The fourth-order valence-electron chi connectivity index (χ4n) is 8.52. The molecule has 0 aromatic rings. The molecule has 4 aliphatic carbocycles. The van der Waals surface area contributed by atoms with Gasteiger partial charge in [0.15, 0.2) is 0 Å². The van der Waals surface area contributed by atoms with Gasteiger partial charge in [0.25, 0.3) is 0 Å². The van der Waals surface area contributed by atoms with Crippen molar-refractivity contribution in [3.8, 4) is 0 Å². The zero-order valence-corrected chi connectivity index (χ0v) is 18.4. The molecule has 4 fully saturated rings. The highest BCUT2D eigenvalue weighted by Gasteiger charge is 2.59. The molecule has 1 unspecified atom stereocenters. The van der Waals surface area contributed by atoms with Crippen molar-refractivity contribution < 1.29 is 0 Å². The maximum atomic E-state index is 4.00. The van der Waals surface area contributed by atoms with E-state index in [0.29, 0.717) is 10.8 Å². The van der Waals surface area contributed by atoms with Crippen molar-refractivity contribution in [1.29, 1.82) is 0 Å². The number of hydrogen-bond acceptors (Lipinski definition) is 0. The third-order valence-corrected chi connectivity index (χ3v) is 9.87. The molecule has 0 saturated heterocycles. The van der Waals surface area contributed by atoms with Gasteiger partial charge in [-0.05, 0) is 106 Å². The van der Waals surface area contributed by atoms with Crippen LogP contribution in [0.4, 0.5) is 0 Å². The highest BCUT2D eigenvalue weighted by molar-refractivity contribution is 5.24. The summed E-state index contributed by atoms with van der Waals surface area (Å²) in [5, 5.41) is 0. The van der Waals surface area contributed by atoms with Crippen molar-refractivity contribution >= 4 is 0 Å². The summed E-state index contributed by atoms with van der Waals surface area (Å²) in [5.41, 5.74) is 3.99. The Morgan fingerprint density at radius 1 is 0.852 bits per heavy atom. The van der Waals surface area contributed by atoms with Crippen LogP contribution >= 0.6 is 0 Å². The van der Waals surface area contributed by atoms with Crippen LogP contribution in [0.5, 0.6) is 0 Å². The summed E-state index contributed by atoms with van der Waals surface area (Å²) < 4.78 is 0. The fraction of sp³-hybridized carbons (Fsp3) is 0.778. The van der Waals surface area contributed by atoms with Crippen LogP contribution in [0.25, 0.3) is 0 Å². The van der Waals surface area contributed by atoms with Crippen molar-refractivity contribution in [2.24, 2.45) is 40.4 Å². The first-order valence-corrected chi connectivity index (χ1v) is 11.9. The zero-order chi connectivity index (χ0) is 19.2.